The second kappa shape index (κ2) is 7.07. The van der Waals surface area contributed by atoms with Crippen molar-refractivity contribution in [1.29, 1.82) is 0 Å². The first-order chi connectivity index (χ1) is 10.4. The van der Waals surface area contributed by atoms with Gasteiger partial charge >= 0.3 is 0 Å². The van der Waals surface area contributed by atoms with Gasteiger partial charge in [0.05, 0.1) is 6.61 Å². The minimum Gasteiger partial charge on any atom is -0.478 e. The van der Waals surface area contributed by atoms with Crippen molar-refractivity contribution in [2.45, 2.75) is 57.5 Å². The van der Waals surface area contributed by atoms with Crippen molar-refractivity contribution in [3.8, 4) is 5.88 Å². The Balaban J connectivity index is 1.75. The minimum absolute atomic E-state index is 0.530. The van der Waals surface area contributed by atoms with E-state index in [-0.39, 0.29) is 0 Å². The summed E-state index contributed by atoms with van der Waals surface area (Å²) in [5.74, 6) is 1.53. The van der Waals surface area contributed by atoms with Crippen LogP contribution in [0.3, 0.4) is 0 Å². The van der Waals surface area contributed by atoms with Crippen molar-refractivity contribution in [3.63, 3.8) is 0 Å². The molecule has 116 valence electrons. The van der Waals surface area contributed by atoms with Gasteiger partial charge < -0.3 is 15.0 Å². The number of nitrogens with one attached hydrogen (secondary N) is 1. The van der Waals surface area contributed by atoms with Gasteiger partial charge in [0.15, 0.2) is 0 Å². The molecule has 3 rings (SSSR count). The Morgan fingerprint density at radius 2 is 2.29 bits per heavy atom. The molecule has 2 aliphatic rings. The van der Waals surface area contributed by atoms with Gasteiger partial charge in [0.2, 0.25) is 11.8 Å². The molecule has 1 aromatic rings. The van der Waals surface area contributed by atoms with Gasteiger partial charge in [0.1, 0.15) is 0 Å². The molecule has 0 aromatic carbocycles. The molecule has 3 heterocycles. The average molecular weight is 290 g/mol. The van der Waals surface area contributed by atoms with Crippen molar-refractivity contribution in [2.24, 2.45) is 0 Å². The first-order valence-corrected chi connectivity index (χ1v) is 8.34. The van der Waals surface area contributed by atoms with E-state index in [0.29, 0.717) is 24.6 Å². The molecule has 2 saturated heterocycles. The Hall–Kier alpha value is -1.36. The third-order valence-electron chi connectivity index (χ3n) is 4.44. The molecule has 1 N–H and O–H groups in total. The quantitative estimate of drug-likeness (QED) is 0.902. The maximum Gasteiger partial charge on any atom is 0.228 e. The molecule has 0 amide bonds. The lowest BCUT2D eigenvalue weighted by Crippen LogP contribution is -2.51. The topological polar surface area (TPSA) is 50.3 Å². The van der Waals surface area contributed by atoms with E-state index in [2.05, 4.69) is 27.1 Å². The SMILES string of the molecule is CCCOc1ccnc(N2CCCCC2C2CCCN2)n1. The zero-order valence-corrected chi connectivity index (χ0v) is 12.9. The van der Waals surface area contributed by atoms with E-state index in [9.17, 15) is 0 Å². The first kappa shape index (κ1) is 14.6. The number of nitrogens with zero attached hydrogens (tertiary/aromatic N) is 3. The highest BCUT2D eigenvalue weighted by molar-refractivity contribution is 5.35. The Labute approximate surface area is 127 Å². The summed E-state index contributed by atoms with van der Waals surface area (Å²) in [6.07, 6.45) is 9.15. The number of ether oxygens (including phenoxy) is 1. The summed E-state index contributed by atoms with van der Waals surface area (Å²) in [6.45, 7) is 5.02. The predicted molar refractivity (Wildman–Crippen MR) is 83.8 cm³/mol. The Kier molecular flexibility index (Phi) is 4.91. The van der Waals surface area contributed by atoms with Crippen LogP contribution in [0.25, 0.3) is 0 Å². The molecular formula is C16H26N4O. The number of hydrogen-bond acceptors (Lipinski definition) is 5. The third kappa shape index (κ3) is 3.46. The molecule has 5 heteroatoms. The lowest BCUT2D eigenvalue weighted by molar-refractivity contribution is 0.303. The number of hydrogen-bond donors (Lipinski definition) is 1. The highest BCUT2D eigenvalue weighted by atomic mass is 16.5. The molecule has 0 bridgehead atoms. The molecule has 2 fully saturated rings. The van der Waals surface area contributed by atoms with E-state index in [0.717, 1.165) is 25.5 Å². The van der Waals surface area contributed by atoms with Crippen molar-refractivity contribution in [2.75, 3.05) is 24.6 Å². The van der Waals surface area contributed by atoms with E-state index >= 15 is 0 Å². The molecule has 2 unspecified atom stereocenters. The average Bonchev–Trinajstić information content (AvgIpc) is 3.07. The van der Waals surface area contributed by atoms with Crippen LogP contribution in [0.4, 0.5) is 5.95 Å². The summed E-state index contributed by atoms with van der Waals surface area (Å²) in [5, 5.41) is 3.65. The highest BCUT2D eigenvalue weighted by Crippen LogP contribution is 2.27. The third-order valence-corrected chi connectivity index (χ3v) is 4.44. The summed E-state index contributed by atoms with van der Waals surface area (Å²) in [7, 11) is 0. The number of rotatable bonds is 5. The number of anilines is 1. The lowest BCUT2D eigenvalue weighted by atomic mass is 9.95. The Morgan fingerprint density at radius 3 is 3.10 bits per heavy atom. The summed E-state index contributed by atoms with van der Waals surface area (Å²) in [6, 6.07) is 2.98. The fourth-order valence-corrected chi connectivity index (χ4v) is 3.42. The van der Waals surface area contributed by atoms with Crippen LogP contribution >= 0.6 is 0 Å². The normalized spacial score (nSPS) is 26.0. The minimum atomic E-state index is 0.530. The zero-order chi connectivity index (χ0) is 14.5. The molecule has 2 atom stereocenters. The molecule has 0 aliphatic carbocycles. The van der Waals surface area contributed by atoms with Gasteiger partial charge in [-0.15, -0.1) is 0 Å². The van der Waals surface area contributed by atoms with Gasteiger partial charge in [0, 0.05) is 30.9 Å². The summed E-state index contributed by atoms with van der Waals surface area (Å²) in [5.41, 5.74) is 0. The van der Waals surface area contributed by atoms with Gasteiger partial charge in [0.25, 0.3) is 0 Å². The van der Waals surface area contributed by atoms with E-state index in [4.69, 9.17) is 4.74 Å². The van der Waals surface area contributed by atoms with E-state index < -0.39 is 0 Å². The van der Waals surface area contributed by atoms with Gasteiger partial charge in [-0.05, 0) is 45.1 Å². The number of aromatic nitrogens is 2. The number of piperidine rings is 1. The van der Waals surface area contributed by atoms with E-state index in [1.165, 1.54) is 32.1 Å². The first-order valence-electron chi connectivity index (χ1n) is 8.34. The van der Waals surface area contributed by atoms with Crippen molar-refractivity contribution >= 4 is 5.95 Å². The molecule has 1 aromatic heterocycles. The molecule has 0 radical (unpaired) electrons. The van der Waals surface area contributed by atoms with Crippen LogP contribution in [0.5, 0.6) is 5.88 Å². The second-order valence-electron chi connectivity index (χ2n) is 6.00. The molecule has 2 aliphatic heterocycles. The second-order valence-corrected chi connectivity index (χ2v) is 6.00. The lowest BCUT2D eigenvalue weighted by Gasteiger charge is -2.39. The molecule has 21 heavy (non-hydrogen) atoms. The van der Waals surface area contributed by atoms with Crippen molar-refractivity contribution in [1.82, 2.24) is 15.3 Å². The van der Waals surface area contributed by atoms with Crippen LogP contribution in [0.15, 0.2) is 12.3 Å². The smallest absolute Gasteiger partial charge is 0.228 e. The largest absolute Gasteiger partial charge is 0.478 e. The van der Waals surface area contributed by atoms with Crippen molar-refractivity contribution < 1.29 is 4.74 Å². The highest BCUT2D eigenvalue weighted by Gasteiger charge is 2.33. The fraction of sp³-hybridized carbons (Fsp3) is 0.750. The maximum absolute atomic E-state index is 5.65. The Morgan fingerprint density at radius 1 is 1.33 bits per heavy atom. The molecule has 0 saturated carbocycles. The van der Waals surface area contributed by atoms with Gasteiger partial charge in [-0.25, -0.2) is 4.98 Å². The van der Waals surface area contributed by atoms with E-state index in [1.807, 2.05) is 12.3 Å². The van der Waals surface area contributed by atoms with Crippen LogP contribution in [0.1, 0.15) is 45.4 Å². The van der Waals surface area contributed by atoms with Gasteiger partial charge in [-0.1, -0.05) is 6.92 Å². The zero-order valence-electron chi connectivity index (χ0n) is 12.9. The molecular weight excluding hydrogens is 264 g/mol. The molecule has 0 spiro atoms. The van der Waals surface area contributed by atoms with Crippen LogP contribution in [-0.4, -0.2) is 41.7 Å². The fourth-order valence-electron chi connectivity index (χ4n) is 3.42. The predicted octanol–water partition coefficient (Wildman–Crippen LogP) is 2.38. The maximum atomic E-state index is 5.65. The monoisotopic (exact) mass is 290 g/mol. The standard InChI is InChI=1S/C16H26N4O/c1-2-12-21-15-8-10-18-16(19-15)20-11-4-3-7-14(20)13-6-5-9-17-13/h8,10,13-14,17H,2-7,9,11-12H2,1H3. The van der Waals surface area contributed by atoms with Crippen LogP contribution in [0.2, 0.25) is 0 Å². The van der Waals surface area contributed by atoms with Crippen molar-refractivity contribution in [3.05, 3.63) is 12.3 Å². The van der Waals surface area contributed by atoms with Crippen LogP contribution < -0.4 is 15.0 Å². The van der Waals surface area contributed by atoms with Gasteiger partial charge in [-0.2, -0.15) is 4.98 Å². The van der Waals surface area contributed by atoms with Crippen LogP contribution in [0, 0.1) is 0 Å². The summed E-state index contributed by atoms with van der Waals surface area (Å²) in [4.78, 5) is 11.5. The summed E-state index contributed by atoms with van der Waals surface area (Å²) >= 11 is 0. The van der Waals surface area contributed by atoms with Gasteiger partial charge in [-0.3, -0.25) is 0 Å². The summed E-state index contributed by atoms with van der Waals surface area (Å²) < 4.78 is 5.65. The molecule has 5 nitrogen and oxygen atoms in total. The van der Waals surface area contributed by atoms with E-state index in [1.54, 1.807) is 0 Å². The van der Waals surface area contributed by atoms with Crippen LogP contribution in [-0.2, 0) is 0 Å². The Bertz CT molecular complexity index is 448.